The molecule has 0 radical (unpaired) electrons. The van der Waals surface area contributed by atoms with Crippen molar-refractivity contribution in [2.24, 2.45) is 5.92 Å². The highest BCUT2D eigenvalue weighted by atomic mass is 16.5. The van der Waals surface area contributed by atoms with E-state index < -0.39 is 0 Å². The fraction of sp³-hybridized carbons (Fsp3) is 0.625. The van der Waals surface area contributed by atoms with Crippen molar-refractivity contribution in [3.8, 4) is 5.75 Å². The van der Waals surface area contributed by atoms with Crippen LogP contribution in [0.1, 0.15) is 38.8 Å². The molecule has 1 aromatic carbocycles. The van der Waals surface area contributed by atoms with Crippen LogP contribution in [-0.4, -0.2) is 25.9 Å². The fourth-order valence-corrected chi connectivity index (χ4v) is 2.80. The van der Waals surface area contributed by atoms with Gasteiger partial charge >= 0.3 is 0 Å². The lowest BCUT2D eigenvalue weighted by atomic mass is 9.91. The van der Waals surface area contributed by atoms with Crippen molar-refractivity contribution < 1.29 is 9.47 Å². The van der Waals surface area contributed by atoms with E-state index in [1.807, 2.05) is 6.92 Å². The first-order valence-corrected chi connectivity index (χ1v) is 7.32. The quantitative estimate of drug-likeness (QED) is 0.855. The van der Waals surface area contributed by atoms with Crippen LogP contribution in [-0.2, 0) is 4.74 Å². The smallest absolute Gasteiger partial charge is 0.119 e. The molecule has 1 saturated heterocycles. The zero-order valence-electron chi connectivity index (χ0n) is 12.2. The first-order chi connectivity index (χ1) is 9.24. The lowest BCUT2D eigenvalue weighted by Crippen LogP contribution is -2.28. The fourth-order valence-electron chi connectivity index (χ4n) is 2.80. The zero-order chi connectivity index (χ0) is 13.7. The maximum absolute atomic E-state index is 5.71. The lowest BCUT2D eigenvalue weighted by molar-refractivity contribution is 0.117. The molecule has 3 heteroatoms. The molecule has 1 fully saturated rings. The zero-order valence-corrected chi connectivity index (χ0v) is 12.2. The van der Waals surface area contributed by atoms with Gasteiger partial charge in [0.05, 0.1) is 19.3 Å². The van der Waals surface area contributed by atoms with Crippen molar-refractivity contribution in [2.75, 3.05) is 19.8 Å². The summed E-state index contributed by atoms with van der Waals surface area (Å²) in [6.07, 6.45) is 1.51. The highest BCUT2D eigenvalue weighted by Crippen LogP contribution is 2.32. The predicted molar refractivity (Wildman–Crippen MR) is 77.5 cm³/mol. The summed E-state index contributed by atoms with van der Waals surface area (Å²) in [5.41, 5.74) is 1.33. The summed E-state index contributed by atoms with van der Waals surface area (Å²) in [5.74, 6) is 1.51. The summed E-state index contributed by atoms with van der Waals surface area (Å²) in [5, 5.41) is 3.59. The average molecular weight is 263 g/mol. The van der Waals surface area contributed by atoms with Gasteiger partial charge in [0, 0.05) is 12.0 Å². The van der Waals surface area contributed by atoms with Crippen LogP contribution in [0.3, 0.4) is 0 Å². The number of nitrogens with one attached hydrogen (secondary N) is 1. The Morgan fingerprint density at radius 1 is 1.32 bits per heavy atom. The average Bonchev–Trinajstić information content (AvgIpc) is 2.84. The number of rotatable bonds is 6. The van der Waals surface area contributed by atoms with Gasteiger partial charge in [-0.3, -0.25) is 0 Å². The van der Waals surface area contributed by atoms with Crippen molar-refractivity contribution in [1.82, 2.24) is 5.32 Å². The second kappa shape index (κ2) is 6.92. The van der Waals surface area contributed by atoms with Crippen molar-refractivity contribution in [3.05, 3.63) is 29.8 Å². The molecule has 3 unspecified atom stereocenters. The van der Waals surface area contributed by atoms with Gasteiger partial charge in [-0.15, -0.1) is 0 Å². The monoisotopic (exact) mass is 263 g/mol. The minimum Gasteiger partial charge on any atom is -0.494 e. The Labute approximate surface area is 116 Å². The highest BCUT2D eigenvalue weighted by molar-refractivity contribution is 5.29. The predicted octanol–water partition coefficient (Wildman–Crippen LogP) is 3.16. The molecule has 106 valence electrons. The van der Waals surface area contributed by atoms with E-state index in [2.05, 4.69) is 43.4 Å². The highest BCUT2D eigenvalue weighted by Gasteiger charge is 2.30. The van der Waals surface area contributed by atoms with Gasteiger partial charge in [-0.05, 0) is 44.5 Å². The standard InChI is InChI=1S/C16H25NO2/c1-4-17-16(14-10-12(3)19-11-14)13-6-8-15(9-7-13)18-5-2/h6-9,12,14,16-17H,4-5,10-11H2,1-3H3. The third-order valence-electron chi connectivity index (χ3n) is 3.68. The Bertz CT molecular complexity index is 377. The molecule has 1 aliphatic heterocycles. The van der Waals surface area contributed by atoms with E-state index in [1.54, 1.807) is 0 Å². The molecular weight excluding hydrogens is 238 g/mol. The van der Waals surface area contributed by atoms with Gasteiger partial charge < -0.3 is 14.8 Å². The summed E-state index contributed by atoms with van der Waals surface area (Å²) in [6, 6.07) is 8.83. The Hall–Kier alpha value is -1.06. The van der Waals surface area contributed by atoms with Crippen LogP contribution in [0.2, 0.25) is 0 Å². The van der Waals surface area contributed by atoms with Crippen LogP contribution in [0.25, 0.3) is 0 Å². The van der Waals surface area contributed by atoms with Crippen LogP contribution in [0.5, 0.6) is 5.75 Å². The van der Waals surface area contributed by atoms with Crippen LogP contribution < -0.4 is 10.1 Å². The molecule has 0 spiro atoms. The largest absolute Gasteiger partial charge is 0.494 e. The molecule has 1 N–H and O–H groups in total. The minimum atomic E-state index is 0.380. The Balaban J connectivity index is 2.09. The van der Waals surface area contributed by atoms with Gasteiger partial charge in [0.1, 0.15) is 5.75 Å². The number of hydrogen-bond donors (Lipinski definition) is 1. The summed E-state index contributed by atoms with van der Waals surface area (Å²) in [4.78, 5) is 0. The van der Waals surface area contributed by atoms with Crippen molar-refractivity contribution >= 4 is 0 Å². The van der Waals surface area contributed by atoms with Gasteiger partial charge in [-0.25, -0.2) is 0 Å². The lowest BCUT2D eigenvalue weighted by Gasteiger charge is -2.24. The van der Waals surface area contributed by atoms with Crippen molar-refractivity contribution in [3.63, 3.8) is 0 Å². The summed E-state index contributed by atoms with van der Waals surface area (Å²) >= 11 is 0. The van der Waals surface area contributed by atoms with Crippen molar-refractivity contribution in [1.29, 1.82) is 0 Å². The van der Waals surface area contributed by atoms with E-state index in [9.17, 15) is 0 Å². The van der Waals surface area contributed by atoms with Crippen LogP contribution in [0.4, 0.5) is 0 Å². The van der Waals surface area contributed by atoms with Gasteiger partial charge in [0.15, 0.2) is 0 Å². The van der Waals surface area contributed by atoms with Gasteiger partial charge in [0.2, 0.25) is 0 Å². The van der Waals surface area contributed by atoms with E-state index in [-0.39, 0.29) is 0 Å². The third kappa shape index (κ3) is 3.71. The number of benzene rings is 1. The molecule has 0 aromatic heterocycles. The molecule has 1 aliphatic rings. The Kier molecular flexibility index (Phi) is 5.23. The molecule has 19 heavy (non-hydrogen) atoms. The van der Waals surface area contributed by atoms with E-state index in [0.29, 0.717) is 24.7 Å². The first-order valence-electron chi connectivity index (χ1n) is 7.32. The van der Waals surface area contributed by atoms with E-state index in [4.69, 9.17) is 9.47 Å². The molecule has 0 bridgehead atoms. The molecule has 0 saturated carbocycles. The van der Waals surface area contributed by atoms with E-state index in [1.165, 1.54) is 5.56 Å². The molecule has 3 atom stereocenters. The molecule has 2 rings (SSSR count). The topological polar surface area (TPSA) is 30.5 Å². The molecule has 1 aromatic rings. The number of ether oxygens (including phenoxy) is 2. The van der Waals surface area contributed by atoms with E-state index >= 15 is 0 Å². The maximum atomic E-state index is 5.71. The first kappa shape index (κ1) is 14.4. The van der Waals surface area contributed by atoms with Crippen LogP contribution in [0.15, 0.2) is 24.3 Å². The second-order valence-corrected chi connectivity index (χ2v) is 5.18. The summed E-state index contributed by atoms with van der Waals surface area (Å²) < 4.78 is 11.2. The molecule has 3 nitrogen and oxygen atoms in total. The minimum absolute atomic E-state index is 0.380. The van der Waals surface area contributed by atoms with E-state index in [0.717, 1.165) is 25.3 Å². The molecular formula is C16H25NO2. The Morgan fingerprint density at radius 3 is 2.58 bits per heavy atom. The van der Waals surface area contributed by atoms with Crippen LogP contribution in [0, 0.1) is 5.92 Å². The third-order valence-corrected chi connectivity index (χ3v) is 3.68. The van der Waals surface area contributed by atoms with Gasteiger partial charge in [0.25, 0.3) is 0 Å². The van der Waals surface area contributed by atoms with Gasteiger partial charge in [-0.1, -0.05) is 19.1 Å². The molecule has 1 heterocycles. The number of hydrogen-bond acceptors (Lipinski definition) is 3. The summed E-state index contributed by atoms with van der Waals surface area (Å²) in [7, 11) is 0. The normalized spacial score (nSPS) is 24.4. The Morgan fingerprint density at radius 2 is 2.05 bits per heavy atom. The van der Waals surface area contributed by atoms with Gasteiger partial charge in [-0.2, -0.15) is 0 Å². The van der Waals surface area contributed by atoms with Crippen LogP contribution >= 0.6 is 0 Å². The molecule has 0 aliphatic carbocycles. The maximum Gasteiger partial charge on any atom is 0.119 e. The molecule has 0 amide bonds. The second-order valence-electron chi connectivity index (χ2n) is 5.18. The summed E-state index contributed by atoms with van der Waals surface area (Å²) in [6.45, 7) is 8.85. The van der Waals surface area contributed by atoms with Crippen molar-refractivity contribution in [2.45, 2.75) is 39.3 Å². The SMILES string of the molecule is CCNC(c1ccc(OCC)cc1)C1COC(C)C1.